The molecule has 34 heavy (non-hydrogen) atoms. The maximum atomic E-state index is 12.8. The van der Waals surface area contributed by atoms with Crippen molar-refractivity contribution in [3.05, 3.63) is 65.4 Å². The molecule has 2 aromatic rings. The average molecular weight is 483 g/mol. The number of nitrogens with zero attached hydrogens (tertiary/aromatic N) is 1. The molecule has 3 rings (SSSR count). The molecule has 8 nitrogen and oxygen atoms in total. The highest BCUT2D eigenvalue weighted by molar-refractivity contribution is 7.80. The molecule has 0 saturated heterocycles. The van der Waals surface area contributed by atoms with Gasteiger partial charge < -0.3 is 30.3 Å². The molecule has 2 amide bonds. The number of esters is 1. The minimum atomic E-state index is -0.449. The average Bonchev–Trinajstić information content (AvgIpc) is 2.81. The SMILES string of the molecule is CCOC(=O)C1=C(C)N(CC)C(=S)NC1c1ccc(NC(=O)Nc2ccccc2OCC)cc1. The van der Waals surface area contributed by atoms with Crippen LogP contribution < -0.4 is 20.7 Å². The van der Waals surface area contributed by atoms with E-state index in [1.54, 1.807) is 31.2 Å². The number of hydrogen-bond donors (Lipinski definition) is 3. The fourth-order valence-electron chi connectivity index (χ4n) is 3.78. The summed E-state index contributed by atoms with van der Waals surface area (Å²) in [6, 6.07) is 13.6. The van der Waals surface area contributed by atoms with E-state index in [0.717, 1.165) is 11.3 Å². The highest BCUT2D eigenvalue weighted by Gasteiger charge is 2.34. The summed E-state index contributed by atoms with van der Waals surface area (Å²) in [7, 11) is 0. The number of amides is 2. The van der Waals surface area contributed by atoms with Gasteiger partial charge in [-0.1, -0.05) is 24.3 Å². The quantitative estimate of drug-likeness (QED) is 0.367. The Kier molecular flexibility index (Phi) is 8.48. The van der Waals surface area contributed by atoms with E-state index >= 15 is 0 Å². The largest absolute Gasteiger partial charge is 0.492 e. The number of hydrogen-bond acceptors (Lipinski definition) is 5. The smallest absolute Gasteiger partial charge is 0.338 e. The first-order valence-electron chi connectivity index (χ1n) is 11.2. The van der Waals surface area contributed by atoms with Crippen molar-refractivity contribution >= 4 is 40.7 Å². The normalized spacial score (nSPS) is 15.5. The van der Waals surface area contributed by atoms with E-state index < -0.39 is 12.1 Å². The summed E-state index contributed by atoms with van der Waals surface area (Å²) >= 11 is 5.51. The number of carbonyl (C=O) groups excluding carboxylic acids is 2. The van der Waals surface area contributed by atoms with Crippen molar-refractivity contribution < 1.29 is 19.1 Å². The van der Waals surface area contributed by atoms with Crippen LogP contribution in [0.15, 0.2) is 59.8 Å². The number of ether oxygens (including phenoxy) is 2. The molecule has 0 saturated carbocycles. The minimum Gasteiger partial charge on any atom is -0.492 e. The summed E-state index contributed by atoms with van der Waals surface area (Å²) < 4.78 is 10.9. The van der Waals surface area contributed by atoms with Crippen LogP contribution >= 0.6 is 12.2 Å². The van der Waals surface area contributed by atoms with E-state index in [-0.39, 0.29) is 12.6 Å². The van der Waals surface area contributed by atoms with Crippen molar-refractivity contribution in [2.24, 2.45) is 0 Å². The molecular weight excluding hydrogens is 452 g/mol. The van der Waals surface area contributed by atoms with E-state index in [0.29, 0.717) is 41.0 Å². The molecule has 1 unspecified atom stereocenters. The molecule has 0 radical (unpaired) electrons. The fourth-order valence-corrected chi connectivity index (χ4v) is 4.16. The molecule has 0 spiro atoms. The minimum absolute atomic E-state index is 0.281. The number of para-hydroxylation sites is 2. The zero-order valence-electron chi connectivity index (χ0n) is 19.8. The second-order valence-electron chi connectivity index (χ2n) is 7.48. The Bertz CT molecular complexity index is 1080. The molecule has 1 aliphatic heterocycles. The van der Waals surface area contributed by atoms with Crippen molar-refractivity contribution in [2.75, 3.05) is 30.4 Å². The highest BCUT2D eigenvalue weighted by Crippen LogP contribution is 2.32. The number of allylic oxidation sites excluding steroid dienone is 1. The van der Waals surface area contributed by atoms with E-state index in [1.165, 1.54) is 0 Å². The second-order valence-corrected chi connectivity index (χ2v) is 7.86. The first kappa shape index (κ1) is 25.0. The van der Waals surface area contributed by atoms with Gasteiger partial charge in [-0.15, -0.1) is 0 Å². The summed E-state index contributed by atoms with van der Waals surface area (Å²) in [6.45, 7) is 8.92. The van der Waals surface area contributed by atoms with Gasteiger partial charge in [-0.3, -0.25) is 0 Å². The van der Waals surface area contributed by atoms with E-state index in [9.17, 15) is 9.59 Å². The standard InChI is InChI=1S/C25H30N4O4S/c1-5-29-16(4)21(23(30)33-7-3)22(28-25(29)34)17-12-14-18(15-13-17)26-24(31)27-19-10-8-9-11-20(19)32-6-2/h8-15,22H,5-7H2,1-4H3,(H,28,34)(H2,26,27,31). The summed E-state index contributed by atoms with van der Waals surface area (Å²) in [6.07, 6.45) is 0. The molecular formula is C25H30N4O4S. The third-order valence-corrected chi connectivity index (χ3v) is 5.68. The predicted octanol–water partition coefficient (Wildman–Crippen LogP) is 4.82. The van der Waals surface area contributed by atoms with Gasteiger partial charge in [0.25, 0.3) is 0 Å². The van der Waals surface area contributed by atoms with E-state index in [1.807, 2.05) is 49.9 Å². The Labute approximate surface area is 205 Å². The Hall–Kier alpha value is -3.59. The van der Waals surface area contributed by atoms with Crippen molar-refractivity contribution in [3.8, 4) is 5.75 Å². The molecule has 9 heteroatoms. The molecule has 1 atom stereocenters. The molecule has 0 fully saturated rings. The maximum Gasteiger partial charge on any atom is 0.338 e. The third kappa shape index (κ3) is 5.66. The van der Waals surface area contributed by atoms with Gasteiger partial charge in [-0.05, 0) is 69.7 Å². The van der Waals surface area contributed by atoms with Crippen LogP contribution in [-0.2, 0) is 9.53 Å². The number of carbonyl (C=O) groups is 2. The predicted molar refractivity (Wildman–Crippen MR) is 137 cm³/mol. The first-order valence-corrected chi connectivity index (χ1v) is 11.7. The highest BCUT2D eigenvalue weighted by atomic mass is 32.1. The van der Waals surface area contributed by atoms with Crippen molar-refractivity contribution in [1.82, 2.24) is 10.2 Å². The van der Waals surface area contributed by atoms with E-state index in [2.05, 4.69) is 16.0 Å². The number of thiocarbonyl (C=S) groups is 1. The Balaban J connectivity index is 1.77. The van der Waals surface area contributed by atoms with Gasteiger partial charge in [0, 0.05) is 17.9 Å². The Morgan fingerprint density at radius 3 is 2.38 bits per heavy atom. The summed E-state index contributed by atoms with van der Waals surface area (Å²) in [5, 5.41) is 9.41. The molecule has 0 aromatic heterocycles. The van der Waals surface area contributed by atoms with Crippen molar-refractivity contribution in [1.29, 1.82) is 0 Å². The zero-order chi connectivity index (χ0) is 24.7. The van der Waals surface area contributed by atoms with Crippen LogP contribution in [0.1, 0.15) is 39.3 Å². The topological polar surface area (TPSA) is 91.9 Å². The van der Waals surface area contributed by atoms with Crippen LogP contribution in [0.4, 0.5) is 16.2 Å². The Morgan fingerprint density at radius 2 is 1.74 bits per heavy atom. The molecule has 1 aliphatic rings. The van der Waals surface area contributed by atoms with Crippen LogP contribution in [-0.4, -0.2) is 41.8 Å². The fraction of sp³-hybridized carbons (Fsp3) is 0.320. The zero-order valence-corrected chi connectivity index (χ0v) is 20.6. The molecule has 2 aromatic carbocycles. The molecule has 180 valence electrons. The number of nitrogens with one attached hydrogen (secondary N) is 3. The first-order chi connectivity index (χ1) is 16.4. The summed E-state index contributed by atoms with van der Waals surface area (Å²) in [5.41, 5.74) is 3.29. The van der Waals surface area contributed by atoms with Gasteiger partial charge in [0.15, 0.2) is 5.11 Å². The lowest BCUT2D eigenvalue weighted by Crippen LogP contribution is -2.47. The lowest BCUT2D eigenvalue weighted by atomic mass is 9.95. The van der Waals surface area contributed by atoms with Crippen molar-refractivity contribution in [3.63, 3.8) is 0 Å². The van der Waals surface area contributed by atoms with Crippen LogP contribution in [0.5, 0.6) is 5.75 Å². The monoisotopic (exact) mass is 482 g/mol. The van der Waals surface area contributed by atoms with Gasteiger partial charge in [-0.2, -0.15) is 0 Å². The maximum absolute atomic E-state index is 12.8. The van der Waals surface area contributed by atoms with Gasteiger partial charge in [0.2, 0.25) is 0 Å². The van der Waals surface area contributed by atoms with E-state index in [4.69, 9.17) is 21.7 Å². The van der Waals surface area contributed by atoms with Crippen molar-refractivity contribution in [2.45, 2.75) is 33.7 Å². The molecule has 3 N–H and O–H groups in total. The van der Waals surface area contributed by atoms with Gasteiger partial charge >= 0.3 is 12.0 Å². The number of urea groups is 1. The van der Waals surface area contributed by atoms with Gasteiger partial charge in [-0.25, -0.2) is 9.59 Å². The van der Waals surface area contributed by atoms with Crippen LogP contribution in [0.25, 0.3) is 0 Å². The lowest BCUT2D eigenvalue weighted by molar-refractivity contribution is -0.139. The van der Waals surface area contributed by atoms with Gasteiger partial charge in [0.1, 0.15) is 5.75 Å². The molecule has 1 heterocycles. The van der Waals surface area contributed by atoms with Crippen LogP contribution in [0.2, 0.25) is 0 Å². The molecule has 0 bridgehead atoms. The Morgan fingerprint density at radius 1 is 1.03 bits per heavy atom. The van der Waals surface area contributed by atoms with Gasteiger partial charge in [0.05, 0.1) is 30.5 Å². The summed E-state index contributed by atoms with van der Waals surface area (Å²) in [4.78, 5) is 27.1. The number of rotatable bonds is 8. The number of benzene rings is 2. The third-order valence-electron chi connectivity index (χ3n) is 5.34. The second kappa shape index (κ2) is 11.5. The molecule has 0 aliphatic carbocycles. The van der Waals surface area contributed by atoms with Crippen LogP contribution in [0.3, 0.4) is 0 Å². The lowest BCUT2D eigenvalue weighted by Gasteiger charge is -2.37. The summed E-state index contributed by atoms with van der Waals surface area (Å²) in [5.74, 6) is 0.220. The van der Waals surface area contributed by atoms with Crippen LogP contribution in [0, 0.1) is 0 Å². The number of anilines is 2.